The van der Waals surface area contributed by atoms with Crippen LogP contribution in [0.5, 0.6) is 0 Å². The number of aromatic nitrogens is 1. The normalized spacial score (nSPS) is 11.7. The molecule has 8 heteroatoms. The van der Waals surface area contributed by atoms with Gasteiger partial charge in [-0.25, -0.2) is 18.1 Å². The predicted molar refractivity (Wildman–Crippen MR) is 97.4 cm³/mol. The minimum absolute atomic E-state index is 0.292. The molecule has 2 heterocycles. The van der Waals surface area contributed by atoms with Crippen LogP contribution in [0.1, 0.15) is 0 Å². The summed E-state index contributed by atoms with van der Waals surface area (Å²) in [6, 6.07) is 13.0. The molecular weight excluding hydrogens is 398 g/mol. The van der Waals surface area contributed by atoms with E-state index >= 15 is 0 Å². The van der Waals surface area contributed by atoms with E-state index in [-0.39, 0.29) is 0 Å². The van der Waals surface area contributed by atoms with Crippen LogP contribution in [0.4, 0.5) is 5.82 Å². The van der Waals surface area contributed by atoms with Crippen molar-refractivity contribution in [1.82, 2.24) is 9.71 Å². The van der Waals surface area contributed by atoms with Gasteiger partial charge in [0.15, 0.2) is 0 Å². The lowest BCUT2D eigenvalue weighted by atomic mass is 10.2. The van der Waals surface area contributed by atoms with Crippen molar-refractivity contribution in [2.75, 3.05) is 18.4 Å². The molecule has 3 rings (SSSR count). The monoisotopic (exact) mass is 411 g/mol. The van der Waals surface area contributed by atoms with Crippen molar-refractivity contribution in [3.8, 4) is 0 Å². The number of rotatable bonds is 6. The second-order valence-electron chi connectivity index (χ2n) is 4.79. The molecule has 1 aromatic carbocycles. The van der Waals surface area contributed by atoms with E-state index in [0.717, 1.165) is 21.2 Å². The van der Waals surface area contributed by atoms with E-state index in [1.807, 2.05) is 30.3 Å². The lowest BCUT2D eigenvalue weighted by molar-refractivity contribution is 0.585. The topological polar surface area (TPSA) is 71.1 Å². The minimum Gasteiger partial charge on any atom is -0.369 e. The molecule has 0 aliphatic rings. The number of thiophene rings is 1. The third-order valence-corrected chi connectivity index (χ3v) is 6.49. The third kappa shape index (κ3) is 4.08. The molecule has 0 spiro atoms. The maximum atomic E-state index is 12.0. The Bertz CT molecular complexity index is 912. The summed E-state index contributed by atoms with van der Waals surface area (Å²) in [4.78, 5) is 4.49. The Morgan fingerprint density at radius 3 is 2.78 bits per heavy atom. The smallest absolute Gasteiger partial charge is 0.250 e. The largest absolute Gasteiger partial charge is 0.369 e. The number of sulfonamides is 1. The summed E-state index contributed by atoms with van der Waals surface area (Å²) in [5.41, 5.74) is 0.886. The van der Waals surface area contributed by atoms with Crippen LogP contribution in [-0.2, 0) is 10.0 Å². The van der Waals surface area contributed by atoms with Gasteiger partial charge < -0.3 is 5.32 Å². The van der Waals surface area contributed by atoms with Gasteiger partial charge in [-0.2, -0.15) is 0 Å². The van der Waals surface area contributed by atoms with E-state index < -0.39 is 10.0 Å². The first kappa shape index (κ1) is 16.4. The fourth-order valence-electron chi connectivity index (χ4n) is 2.06. The minimum atomic E-state index is -3.41. The van der Waals surface area contributed by atoms with Crippen LogP contribution in [-0.4, -0.2) is 26.5 Å². The lowest BCUT2D eigenvalue weighted by Crippen LogP contribution is -2.28. The van der Waals surface area contributed by atoms with Gasteiger partial charge in [0.05, 0.1) is 5.52 Å². The molecule has 0 saturated carbocycles. The fourth-order valence-corrected chi connectivity index (χ4v) is 4.51. The highest BCUT2D eigenvalue weighted by molar-refractivity contribution is 9.10. The van der Waals surface area contributed by atoms with E-state index in [1.54, 1.807) is 17.5 Å². The quantitative estimate of drug-likeness (QED) is 0.609. The number of fused-ring (bicyclic) bond motifs is 1. The SMILES string of the molecule is O=S(=O)(NCCNc1ccc2cc(Br)ccc2n1)c1cccs1. The average molecular weight is 412 g/mol. The molecule has 0 aliphatic heterocycles. The zero-order valence-corrected chi connectivity index (χ0v) is 15.2. The third-order valence-electron chi connectivity index (χ3n) is 3.13. The van der Waals surface area contributed by atoms with Crippen molar-refractivity contribution in [1.29, 1.82) is 0 Å². The van der Waals surface area contributed by atoms with Gasteiger partial charge in [0, 0.05) is 22.9 Å². The number of benzene rings is 1. The van der Waals surface area contributed by atoms with Crippen LogP contribution >= 0.6 is 27.3 Å². The van der Waals surface area contributed by atoms with E-state index in [0.29, 0.717) is 17.3 Å². The summed E-state index contributed by atoms with van der Waals surface area (Å²) in [6.07, 6.45) is 0. The van der Waals surface area contributed by atoms with Gasteiger partial charge in [-0.3, -0.25) is 0 Å². The second kappa shape index (κ2) is 6.96. The zero-order valence-electron chi connectivity index (χ0n) is 12.0. The first-order valence-electron chi connectivity index (χ1n) is 6.88. The van der Waals surface area contributed by atoms with Crippen molar-refractivity contribution in [3.05, 3.63) is 52.3 Å². The number of nitrogens with one attached hydrogen (secondary N) is 2. The molecule has 0 amide bonds. The Morgan fingerprint density at radius 1 is 1.13 bits per heavy atom. The van der Waals surface area contributed by atoms with Crippen LogP contribution in [0.3, 0.4) is 0 Å². The average Bonchev–Trinajstić information content (AvgIpc) is 3.07. The van der Waals surface area contributed by atoms with Crippen LogP contribution in [0.2, 0.25) is 0 Å². The summed E-state index contributed by atoms with van der Waals surface area (Å²) in [5.74, 6) is 0.718. The molecular formula is C15H14BrN3O2S2. The molecule has 2 N–H and O–H groups in total. The number of pyridine rings is 1. The summed E-state index contributed by atoms with van der Waals surface area (Å²) in [7, 11) is -3.41. The van der Waals surface area contributed by atoms with Gasteiger partial charge in [0.25, 0.3) is 0 Å². The van der Waals surface area contributed by atoms with Gasteiger partial charge in [-0.1, -0.05) is 22.0 Å². The first-order valence-corrected chi connectivity index (χ1v) is 10.0. The molecule has 120 valence electrons. The number of hydrogen-bond acceptors (Lipinski definition) is 5. The van der Waals surface area contributed by atoms with Gasteiger partial charge >= 0.3 is 0 Å². The number of nitrogens with zero attached hydrogens (tertiary/aromatic N) is 1. The maximum absolute atomic E-state index is 12.0. The van der Waals surface area contributed by atoms with Crippen molar-refractivity contribution >= 4 is 54.0 Å². The van der Waals surface area contributed by atoms with E-state index in [4.69, 9.17) is 0 Å². The van der Waals surface area contributed by atoms with Crippen molar-refractivity contribution in [3.63, 3.8) is 0 Å². The summed E-state index contributed by atoms with van der Waals surface area (Å²) in [6.45, 7) is 0.750. The van der Waals surface area contributed by atoms with Crippen molar-refractivity contribution < 1.29 is 8.42 Å². The van der Waals surface area contributed by atoms with Gasteiger partial charge in [0.1, 0.15) is 10.0 Å². The summed E-state index contributed by atoms with van der Waals surface area (Å²) < 4.78 is 27.8. The fraction of sp³-hybridized carbons (Fsp3) is 0.133. The van der Waals surface area contributed by atoms with Gasteiger partial charge in [0.2, 0.25) is 10.0 Å². The molecule has 23 heavy (non-hydrogen) atoms. The molecule has 0 bridgehead atoms. The Morgan fingerprint density at radius 2 is 2.00 bits per heavy atom. The number of anilines is 1. The first-order chi connectivity index (χ1) is 11.0. The van der Waals surface area contributed by atoms with E-state index in [2.05, 4.69) is 31.0 Å². The van der Waals surface area contributed by atoms with Crippen molar-refractivity contribution in [2.45, 2.75) is 4.21 Å². The number of halogens is 1. The highest BCUT2D eigenvalue weighted by Crippen LogP contribution is 2.20. The maximum Gasteiger partial charge on any atom is 0.250 e. The molecule has 0 fully saturated rings. The lowest BCUT2D eigenvalue weighted by Gasteiger charge is -2.08. The van der Waals surface area contributed by atoms with Gasteiger partial charge in [-0.15, -0.1) is 11.3 Å². The highest BCUT2D eigenvalue weighted by Gasteiger charge is 2.13. The Hall–Kier alpha value is -1.48. The van der Waals surface area contributed by atoms with Crippen LogP contribution in [0, 0.1) is 0 Å². The molecule has 0 saturated heterocycles. The van der Waals surface area contributed by atoms with E-state index in [9.17, 15) is 8.42 Å². The zero-order chi connectivity index (χ0) is 16.3. The van der Waals surface area contributed by atoms with Crippen LogP contribution in [0.15, 0.2) is 56.5 Å². The molecule has 0 atom stereocenters. The number of hydrogen-bond donors (Lipinski definition) is 2. The molecule has 2 aromatic heterocycles. The molecule has 3 aromatic rings. The molecule has 0 unspecified atom stereocenters. The predicted octanol–water partition coefficient (Wildman–Crippen LogP) is 3.45. The van der Waals surface area contributed by atoms with Gasteiger partial charge in [-0.05, 0) is 41.8 Å². The Balaban J connectivity index is 1.58. The Kier molecular flexibility index (Phi) is 4.96. The van der Waals surface area contributed by atoms with Crippen LogP contribution in [0.25, 0.3) is 10.9 Å². The molecule has 0 radical (unpaired) electrons. The standard InChI is InChI=1S/C15H14BrN3O2S2/c16-12-4-5-13-11(10-12)3-6-14(19-13)17-7-8-18-23(20,21)15-2-1-9-22-15/h1-6,9-10,18H,7-8H2,(H,17,19). The van der Waals surface area contributed by atoms with Crippen LogP contribution < -0.4 is 10.0 Å². The molecule has 5 nitrogen and oxygen atoms in total. The summed E-state index contributed by atoms with van der Waals surface area (Å²) in [5, 5.41) is 5.91. The van der Waals surface area contributed by atoms with E-state index in [1.165, 1.54) is 11.3 Å². The molecule has 0 aliphatic carbocycles. The highest BCUT2D eigenvalue weighted by atomic mass is 79.9. The Labute approximate surface area is 146 Å². The second-order valence-corrected chi connectivity index (χ2v) is 8.65. The summed E-state index contributed by atoms with van der Waals surface area (Å²) >= 11 is 4.63. The van der Waals surface area contributed by atoms with Crippen molar-refractivity contribution in [2.24, 2.45) is 0 Å².